The minimum Gasteiger partial charge on any atom is -0.336 e. The van der Waals surface area contributed by atoms with Crippen molar-refractivity contribution in [1.82, 2.24) is 10.2 Å². The zero-order valence-corrected chi connectivity index (χ0v) is 21.1. The topological polar surface area (TPSA) is 131 Å². The van der Waals surface area contributed by atoms with E-state index in [1.165, 1.54) is 4.90 Å². The normalized spacial score (nSPS) is 20.9. The molecule has 3 N–H and O–H groups in total. The highest BCUT2D eigenvalue weighted by Crippen LogP contribution is 2.46. The number of anilines is 2. The molecule has 2 aromatic carbocycles. The summed E-state index contributed by atoms with van der Waals surface area (Å²) < 4.78 is 27.9. The van der Waals surface area contributed by atoms with Crippen molar-refractivity contribution in [2.45, 2.75) is 51.1 Å². The smallest absolute Gasteiger partial charge is 0.313 e. The Morgan fingerprint density at radius 1 is 1.13 bits per heavy atom. The second-order valence-electron chi connectivity index (χ2n) is 10.7. The number of nitrogens with zero attached hydrogens (tertiary/aromatic N) is 2. The van der Waals surface area contributed by atoms with Crippen molar-refractivity contribution in [2.75, 3.05) is 17.2 Å². The van der Waals surface area contributed by atoms with Crippen LogP contribution >= 0.6 is 0 Å². The lowest BCUT2D eigenvalue weighted by molar-refractivity contribution is -0.141. The number of rotatable bonds is 4. The summed E-state index contributed by atoms with van der Waals surface area (Å²) in [4.78, 5) is 53.3. The van der Waals surface area contributed by atoms with Crippen molar-refractivity contribution in [3.05, 3.63) is 59.7 Å². The Kier molecular flexibility index (Phi) is 6.93. The summed E-state index contributed by atoms with van der Waals surface area (Å²) in [5, 5.41) is 16.9. The van der Waals surface area contributed by atoms with E-state index in [4.69, 9.17) is 0 Å². The number of nitrogens with one attached hydrogen (secondary N) is 3. The summed E-state index contributed by atoms with van der Waals surface area (Å²) in [7, 11) is 0. The maximum Gasteiger partial charge on any atom is 0.313 e. The van der Waals surface area contributed by atoms with Gasteiger partial charge in [0.2, 0.25) is 11.8 Å². The SMILES string of the molecule is CC(C)(C)C[C@H](NC(=O)C(=O)Nc1c(F)cccc1F)C(=O)N1C[C@]2(C[C@H]1C#N)C(=O)Nc1ccccc12. The number of carbonyl (C=O) groups is 4. The number of halogens is 2. The van der Waals surface area contributed by atoms with E-state index in [9.17, 15) is 33.2 Å². The average Bonchev–Trinajstić information content (AvgIpc) is 3.38. The van der Waals surface area contributed by atoms with E-state index in [0.29, 0.717) is 11.3 Å². The van der Waals surface area contributed by atoms with Gasteiger partial charge < -0.3 is 20.9 Å². The molecule has 38 heavy (non-hydrogen) atoms. The number of amides is 4. The Balaban J connectivity index is 1.58. The molecule has 1 spiro atoms. The first-order valence-corrected chi connectivity index (χ1v) is 12.0. The molecule has 2 aliphatic rings. The summed E-state index contributed by atoms with van der Waals surface area (Å²) in [5.41, 5.74) is -1.12. The molecule has 2 aromatic rings. The van der Waals surface area contributed by atoms with Crippen LogP contribution in [0.4, 0.5) is 20.2 Å². The van der Waals surface area contributed by atoms with E-state index < -0.39 is 58.0 Å². The molecule has 198 valence electrons. The highest BCUT2D eigenvalue weighted by molar-refractivity contribution is 6.40. The molecule has 0 aromatic heterocycles. The van der Waals surface area contributed by atoms with Gasteiger partial charge in [0.05, 0.1) is 11.5 Å². The molecule has 2 heterocycles. The summed E-state index contributed by atoms with van der Waals surface area (Å²) in [6, 6.07) is 9.89. The van der Waals surface area contributed by atoms with Crippen LogP contribution in [0.3, 0.4) is 0 Å². The van der Waals surface area contributed by atoms with Crippen molar-refractivity contribution in [2.24, 2.45) is 5.41 Å². The summed E-state index contributed by atoms with van der Waals surface area (Å²) in [6.45, 7) is 5.38. The molecule has 11 heteroatoms. The fraction of sp³-hybridized carbons (Fsp3) is 0.370. The molecule has 0 bridgehead atoms. The first-order chi connectivity index (χ1) is 17.9. The third kappa shape index (κ3) is 4.94. The van der Waals surface area contributed by atoms with E-state index in [-0.39, 0.29) is 25.3 Å². The highest BCUT2D eigenvalue weighted by atomic mass is 19.1. The van der Waals surface area contributed by atoms with Gasteiger partial charge in [-0.1, -0.05) is 45.0 Å². The maximum atomic E-state index is 13.9. The van der Waals surface area contributed by atoms with Crippen LogP contribution in [-0.2, 0) is 24.6 Å². The lowest BCUT2D eigenvalue weighted by Crippen LogP contribution is -2.53. The molecular weight excluding hydrogens is 496 g/mol. The molecule has 1 fully saturated rings. The number of carbonyl (C=O) groups excluding carboxylic acids is 4. The predicted octanol–water partition coefficient (Wildman–Crippen LogP) is 2.84. The Hall–Kier alpha value is -4.33. The standard InChI is InChI=1S/C27H27F2N5O4/c1-26(2,3)12-20(31-22(35)23(36)33-21-17(28)8-6-9-18(21)29)24(37)34-14-27(11-15(34)13-30)16-7-4-5-10-19(16)32-25(27)38/h4-10,15,20H,11-12,14H2,1-3H3,(H,31,35)(H,32,38)(H,33,36)/t15-,20-,27-/m0/s1. The Morgan fingerprint density at radius 3 is 2.42 bits per heavy atom. The number of hydrogen-bond donors (Lipinski definition) is 3. The molecule has 9 nitrogen and oxygen atoms in total. The molecule has 3 atom stereocenters. The minimum absolute atomic E-state index is 0.0708. The van der Waals surface area contributed by atoms with Crippen LogP contribution in [0.5, 0.6) is 0 Å². The van der Waals surface area contributed by atoms with E-state index >= 15 is 0 Å². The summed E-state index contributed by atoms with van der Waals surface area (Å²) in [5.74, 6) is -5.73. The van der Waals surface area contributed by atoms with Gasteiger partial charge >= 0.3 is 11.8 Å². The Bertz CT molecular complexity index is 1350. The lowest BCUT2D eigenvalue weighted by Gasteiger charge is -2.31. The van der Waals surface area contributed by atoms with Gasteiger partial charge in [0.15, 0.2) is 0 Å². The van der Waals surface area contributed by atoms with Gasteiger partial charge in [0.25, 0.3) is 0 Å². The van der Waals surface area contributed by atoms with Gasteiger partial charge in [-0.3, -0.25) is 19.2 Å². The maximum absolute atomic E-state index is 13.9. The van der Waals surface area contributed by atoms with Gasteiger partial charge in [-0.25, -0.2) is 8.78 Å². The van der Waals surface area contributed by atoms with Gasteiger partial charge in [-0.2, -0.15) is 5.26 Å². The fourth-order valence-electron chi connectivity index (χ4n) is 5.01. The van der Waals surface area contributed by atoms with Crippen molar-refractivity contribution < 1.29 is 28.0 Å². The monoisotopic (exact) mass is 523 g/mol. The lowest BCUT2D eigenvalue weighted by atomic mass is 9.80. The highest BCUT2D eigenvalue weighted by Gasteiger charge is 2.56. The minimum atomic E-state index is -1.36. The number of likely N-dealkylation sites (tertiary alicyclic amines) is 1. The van der Waals surface area contributed by atoms with Gasteiger partial charge in [-0.05, 0) is 35.6 Å². The van der Waals surface area contributed by atoms with Crippen molar-refractivity contribution in [3.63, 3.8) is 0 Å². The molecule has 0 unspecified atom stereocenters. The first kappa shape index (κ1) is 26.7. The van der Waals surface area contributed by atoms with Crippen molar-refractivity contribution >= 4 is 35.0 Å². The number of benzene rings is 2. The Morgan fingerprint density at radius 2 is 1.79 bits per heavy atom. The predicted molar refractivity (Wildman–Crippen MR) is 133 cm³/mol. The Labute approximate surface area is 218 Å². The zero-order chi connectivity index (χ0) is 27.8. The molecule has 1 saturated heterocycles. The molecule has 4 amide bonds. The summed E-state index contributed by atoms with van der Waals surface area (Å²) in [6.07, 6.45) is 0.157. The first-order valence-electron chi connectivity index (χ1n) is 12.0. The van der Waals surface area contributed by atoms with Crippen LogP contribution < -0.4 is 16.0 Å². The van der Waals surface area contributed by atoms with Gasteiger partial charge in [0, 0.05) is 18.7 Å². The van der Waals surface area contributed by atoms with Gasteiger partial charge in [-0.15, -0.1) is 0 Å². The third-order valence-electron chi connectivity index (χ3n) is 6.74. The molecular formula is C27H27F2N5O4. The van der Waals surface area contributed by atoms with E-state index in [1.807, 2.05) is 26.1 Å². The van der Waals surface area contributed by atoms with Crippen LogP contribution in [0.2, 0.25) is 0 Å². The molecule has 0 aliphatic carbocycles. The summed E-state index contributed by atoms with van der Waals surface area (Å²) >= 11 is 0. The number of para-hydroxylation sites is 2. The van der Waals surface area contributed by atoms with Crippen molar-refractivity contribution in [1.29, 1.82) is 5.26 Å². The second-order valence-corrected chi connectivity index (χ2v) is 10.7. The second kappa shape index (κ2) is 9.85. The number of hydrogen-bond acceptors (Lipinski definition) is 5. The molecule has 0 radical (unpaired) electrons. The molecule has 0 saturated carbocycles. The van der Waals surface area contributed by atoms with Crippen LogP contribution in [0.25, 0.3) is 0 Å². The average molecular weight is 524 g/mol. The van der Waals surface area contributed by atoms with Crippen LogP contribution in [-0.4, -0.2) is 47.2 Å². The van der Waals surface area contributed by atoms with E-state index in [1.54, 1.807) is 24.3 Å². The van der Waals surface area contributed by atoms with Gasteiger partial charge in [0.1, 0.15) is 29.4 Å². The van der Waals surface area contributed by atoms with Crippen molar-refractivity contribution in [3.8, 4) is 6.07 Å². The molecule has 2 aliphatic heterocycles. The van der Waals surface area contributed by atoms with E-state index in [2.05, 4.69) is 16.7 Å². The van der Waals surface area contributed by atoms with E-state index in [0.717, 1.165) is 18.2 Å². The molecule has 4 rings (SSSR count). The quantitative estimate of drug-likeness (QED) is 0.531. The largest absolute Gasteiger partial charge is 0.336 e. The zero-order valence-electron chi connectivity index (χ0n) is 21.1. The number of fused-ring (bicyclic) bond motifs is 2. The van der Waals surface area contributed by atoms with Crippen LogP contribution in [0.15, 0.2) is 42.5 Å². The number of nitriles is 1. The third-order valence-corrected chi connectivity index (χ3v) is 6.74. The van der Waals surface area contributed by atoms with Crippen LogP contribution in [0.1, 0.15) is 39.2 Å². The van der Waals surface area contributed by atoms with Crippen LogP contribution in [0, 0.1) is 28.4 Å². The fourth-order valence-corrected chi connectivity index (χ4v) is 5.01.